The largest absolute Gasteiger partial charge is 0.208 e. The molecule has 0 saturated carbocycles. The van der Waals surface area contributed by atoms with Crippen LogP contribution >= 0.6 is 0 Å². The van der Waals surface area contributed by atoms with Gasteiger partial charge in [0, 0.05) is 22.1 Å². The van der Waals surface area contributed by atoms with Gasteiger partial charge >= 0.3 is 0 Å². The Kier molecular flexibility index (Phi) is 8.15. The first-order chi connectivity index (χ1) is 28.7. The Morgan fingerprint density at radius 1 is 0.224 bits per heavy atom. The summed E-state index contributed by atoms with van der Waals surface area (Å²) in [6.45, 7) is 0. The standard InChI is InChI=1S/C55H35N3/c1-2-13-38(14-3-1)50-24-9-18-40-19-10-25-51(52(40)50)55-57-53(41-29-27-39(28-30-41)47-22-8-17-37-15-6-7-21-46(37)47)56-54(58-55)45-32-33-49-43(35-45)20-11-23-48(49)44-31-26-36-12-4-5-16-42(36)34-44/h1-35H. The summed E-state index contributed by atoms with van der Waals surface area (Å²) in [4.78, 5) is 15.8. The molecule has 1 heterocycles. The van der Waals surface area contributed by atoms with E-state index in [1.807, 2.05) is 0 Å². The molecule has 0 aliphatic heterocycles. The molecule has 270 valence electrons. The van der Waals surface area contributed by atoms with E-state index >= 15 is 0 Å². The van der Waals surface area contributed by atoms with Gasteiger partial charge in [-0.25, -0.2) is 15.0 Å². The van der Waals surface area contributed by atoms with Crippen LogP contribution in [0.15, 0.2) is 212 Å². The van der Waals surface area contributed by atoms with Crippen LogP contribution in [0.25, 0.3) is 111 Å². The Labute approximate surface area is 336 Å². The van der Waals surface area contributed by atoms with Crippen molar-refractivity contribution in [3.8, 4) is 67.5 Å². The molecule has 3 heteroatoms. The van der Waals surface area contributed by atoms with E-state index in [4.69, 9.17) is 15.0 Å². The molecule has 11 rings (SSSR count). The Bertz CT molecular complexity index is 3320. The zero-order valence-electron chi connectivity index (χ0n) is 31.5. The Hall–Kier alpha value is -7.75. The van der Waals surface area contributed by atoms with E-state index in [2.05, 4.69) is 212 Å². The average molecular weight is 738 g/mol. The first-order valence-electron chi connectivity index (χ1n) is 19.7. The van der Waals surface area contributed by atoms with Gasteiger partial charge in [-0.3, -0.25) is 0 Å². The second-order valence-corrected chi connectivity index (χ2v) is 14.8. The molecule has 0 spiro atoms. The van der Waals surface area contributed by atoms with Gasteiger partial charge in [0.25, 0.3) is 0 Å². The molecule has 0 saturated heterocycles. The summed E-state index contributed by atoms with van der Waals surface area (Å²) in [5.74, 6) is 1.89. The van der Waals surface area contributed by atoms with Crippen molar-refractivity contribution in [1.82, 2.24) is 15.0 Å². The Morgan fingerprint density at radius 3 is 1.50 bits per heavy atom. The monoisotopic (exact) mass is 737 g/mol. The third-order valence-corrected chi connectivity index (χ3v) is 11.3. The lowest BCUT2D eigenvalue weighted by Gasteiger charge is -2.14. The van der Waals surface area contributed by atoms with Crippen molar-refractivity contribution in [3.05, 3.63) is 212 Å². The minimum absolute atomic E-state index is 0.628. The fraction of sp³-hybridized carbons (Fsp3) is 0. The normalized spacial score (nSPS) is 11.4. The van der Waals surface area contributed by atoms with E-state index in [1.165, 1.54) is 43.6 Å². The summed E-state index contributed by atoms with van der Waals surface area (Å²) in [5, 5.41) is 9.48. The summed E-state index contributed by atoms with van der Waals surface area (Å²) in [7, 11) is 0. The fourth-order valence-electron chi connectivity index (χ4n) is 8.45. The van der Waals surface area contributed by atoms with Crippen LogP contribution in [0.3, 0.4) is 0 Å². The number of hydrogen-bond acceptors (Lipinski definition) is 3. The summed E-state index contributed by atoms with van der Waals surface area (Å²) in [6, 6.07) is 75.4. The quantitative estimate of drug-likeness (QED) is 0.171. The molecule has 58 heavy (non-hydrogen) atoms. The van der Waals surface area contributed by atoms with Crippen LogP contribution in [0.5, 0.6) is 0 Å². The van der Waals surface area contributed by atoms with Gasteiger partial charge in [0.05, 0.1) is 0 Å². The van der Waals surface area contributed by atoms with Crippen LogP contribution in [0.1, 0.15) is 0 Å². The molecule has 0 unspecified atom stereocenters. The van der Waals surface area contributed by atoms with Crippen LogP contribution in [0, 0.1) is 0 Å². The number of nitrogens with zero attached hydrogens (tertiary/aromatic N) is 3. The number of aromatic nitrogens is 3. The van der Waals surface area contributed by atoms with Gasteiger partial charge in [0.1, 0.15) is 0 Å². The molecular formula is C55H35N3. The second kappa shape index (κ2) is 14.1. The van der Waals surface area contributed by atoms with E-state index < -0.39 is 0 Å². The topological polar surface area (TPSA) is 38.7 Å². The van der Waals surface area contributed by atoms with Gasteiger partial charge in [-0.15, -0.1) is 0 Å². The van der Waals surface area contributed by atoms with Gasteiger partial charge < -0.3 is 0 Å². The van der Waals surface area contributed by atoms with Crippen molar-refractivity contribution in [3.63, 3.8) is 0 Å². The lowest BCUT2D eigenvalue weighted by molar-refractivity contribution is 1.08. The summed E-state index contributed by atoms with van der Waals surface area (Å²) in [5.41, 5.74) is 9.86. The van der Waals surface area contributed by atoms with Crippen molar-refractivity contribution in [2.45, 2.75) is 0 Å². The van der Waals surface area contributed by atoms with Crippen molar-refractivity contribution in [2.75, 3.05) is 0 Å². The predicted octanol–water partition coefficient (Wildman–Crippen LogP) is 14.5. The van der Waals surface area contributed by atoms with E-state index in [1.54, 1.807) is 0 Å². The summed E-state index contributed by atoms with van der Waals surface area (Å²) in [6.07, 6.45) is 0. The molecule has 0 radical (unpaired) electrons. The van der Waals surface area contributed by atoms with Crippen molar-refractivity contribution in [1.29, 1.82) is 0 Å². The number of rotatable bonds is 6. The minimum Gasteiger partial charge on any atom is -0.208 e. The van der Waals surface area contributed by atoms with Gasteiger partial charge in [0.15, 0.2) is 17.5 Å². The summed E-state index contributed by atoms with van der Waals surface area (Å²) < 4.78 is 0. The lowest BCUT2D eigenvalue weighted by atomic mass is 9.94. The molecule has 1 aromatic heterocycles. The third-order valence-electron chi connectivity index (χ3n) is 11.3. The van der Waals surface area contributed by atoms with Crippen LogP contribution in [-0.2, 0) is 0 Å². The molecule has 0 atom stereocenters. The molecule has 11 aromatic rings. The molecular weight excluding hydrogens is 703 g/mol. The smallest absolute Gasteiger partial charge is 0.164 e. The highest BCUT2D eigenvalue weighted by Gasteiger charge is 2.18. The van der Waals surface area contributed by atoms with Gasteiger partial charge in [-0.1, -0.05) is 200 Å². The highest BCUT2D eigenvalue weighted by molar-refractivity contribution is 6.06. The number of hydrogen-bond donors (Lipinski definition) is 0. The zero-order valence-corrected chi connectivity index (χ0v) is 31.5. The Morgan fingerprint density at radius 2 is 0.707 bits per heavy atom. The first-order valence-corrected chi connectivity index (χ1v) is 19.7. The summed E-state index contributed by atoms with van der Waals surface area (Å²) >= 11 is 0. The predicted molar refractivity (Wildman–Crippen MR) is 242 cm³/mol. The van der Waals surface area contributed by atoms with E-state index in [0.29, 0.717) is 17.5 Å². The second-order valence-electron chi connectivity index (χ2n) is 14.8. The first kappa shape index (κ1) is 33.6. The van der Waals surface area contributed by atoms with E-state index in [0.717, 1.165) is 49.5 Å². The van der Waals surface area contributed by atoms with Crippen molar-refractivity contribution in [2.24, 2.45) is 0 Å². The molecule has 0 fully saturated rings. The SMILES string of the molecule is c1ccc(-c2cccc3cccc(-c4nc(-c5ccc(-c6cccc7ccccc67)cc5)nc(-c5ccc6c(-c7ccc8ccccc8c7)cccc6c5)n4)c23)cc1. The molecule has 0 aliphatic carbocycles. The van der Waals surface area contributed by atoms with E-state index in [-0.39, 0.29) is 0 Å². The number of benzene rings is 10. The van der Waals surface area contributed by atoms with E-state index in [9.17, 15) is 0 Å². The highest BCUT2D eigenvalue weighted by Crippen LogP contribution is 2.38. The van der Waals surface area contributed by atoms with Gasteiger partial charge in [0.2, 0.25) is 0 Å². The van der Waals surface area contributed by atoms with Crippen LogP contribution in [0.4, 0.5) is 0 Å². The van der Waals surface area contributed by atoms with Gasteiger partial charge in [-0.2, -0.15) is 0 Å². The molecule has 0 N–H and O–H groups in total. The molecule has 0 bridgehead atoms. The zero-order chi connectivity index (χ0) is 38.4. The molecule has 0 amide bonds. The Balaban J connectivity index is 1.08. The number of fused-ring (bicyclic) bond motifs is 4. The minimum atomic E-state index is 0.628. The lowest BCUT2D eigenvalue weighted by Crippen LogP contribution is -2.01. The molecule has 3 nitrogen and oxygen atoms in total. The molecule has 0 aliphatic rings. The van der Waals surface area contributed by atoms with Crippen LogP contribution < -0.4 is 0 Å². The molecule has 10 aromatic carbocycles. The maximum Gasteiger partial charge on any atom is 0.164 e. The van der Waals surface area contributed by atoms with Crippen LogP contribution in [-0.4, -0.2) is 15.0 Å². The third kappa shape index (κ3) is 5.98. The van der Waals surface area contributed by atoms with Gasteiger partial charge in [-0.05, 0) is 83.2 Å². The van der Waals surface area contributed by atoms with Crippen molar-refractivity contribution >= 4 is 43.1 Å². The maximum absolute atomic E-state index is 5.28. The van der Waals surface area contributed by atoms with Crippen molar-refractivity contribution < 1.29 is 0 Å². The fourth-order valence-corrected chi connectivity index (χ4v) is 8.45. The highest BCUT2D eigenvalue weighted by atomic mass is 15.0. The maximum atomic E-state index is 5.28. The van der Waals surface area contributed by atoms with Crippen LogP contribution in [0.2, 0.25) is 0 Å². The average Bonchev–Trinajstić information content (AvgIpc) is 3.30.